The highest BCUT2D eigenvalue weighted by atomic mass is 32.1. The van der Waals surface area contributed by atoms with Crippen LogP contribution in [-0.2, 0) is 17.8 Å². The minimum atomic E-state index is 0.666. The first kappa shape index (κ1) is 8.91. The molecule has 0 N–H and O–H groups in total. The smallest absolute Gasteiger partial charge is 0.121 e. The van der Waals surface area contributed by atoms with Crippen LogP contribution in [0.4, 0.5) is 0 Å². The Hall–Kier alpha value is -0.670. The standard InChI is InChI=1S/C10H13NOS/c12-6-1-4-11-5-2-10-9(8-11)3-7-13-10/h3,6-7H,1-2,4-5,8H2. The van der Waals surface area contributed by atoms with Gasteiger partial charge in [-0.05, 0) is 23.4 Å². The van der Waals surface area contributed by atoms with Crippen LogP contribution in [0.1, 0.15) is 16.9 Å². The summed E-state index contributed by atoms with van der Waals surface area (Å²) in [6, 6.07) is 2.20. The van der Waals surface area contributed by atoms with Crippen molar-refractivity contribution in [3.8, 4) is 0 Å². The predicted octanol–water partition coefficient (Wildman–Crippen LogP) is 1.70. The van der Waals surface area contributed by atoms with Crippen molar-refractivity contribution >= 4 is 17.6 Å². The molecule has 0 aromatic carbocycles. The average molecular weight is 195 g/mol. The van der Waals surface area contributed by atoms with Gasteiger partial charge in [0.1, 0.15) is 6.29 Å². The van der Waals surface area contributed by atoms with Gasteiger partial charge in [0, 0.05) is 30.9 Å². The van der Waals surface area contributed by atoms with Crippen molar-refractivity contribution in [2.75, 3.05) is 13.1 Å². The van der Waals surface area contributed by atoms with Crippen molar-refractivity contribution in [2.24, 2.45) is 0 Å². The van der Waals surface area contributed by atoms with Gasteiger partial charge in [-0.3, -0.25) is 4.90 Å². The van der Waals surface area contributed by atoms with Crippen molar-refractivity contribution in [3.05, 3.63) is 21.9 Å². The quantitative estimate of drug-likeness (QED) is 0.684. The lowest BCUT2D eigenvalue weighted by Gasteiger charge is -2.25. The molecule has 0 bridgehead atoms. The largest absolute Gasteiger partial charge is 0.303 e. The second kappa shape index (κ2) is 4.03. The molecule has 0 amide bonds. The van der Waals surface area contributed by atoms with Gasteiger partial charge in [-0.2, -0.15) is 0 Å². The van der Waals surface area contributed by atoms with Crippen LogP contribution in [0.5, 0.6) is 0 Å². The van der Waals surface area contributed by atoms with E-state index in [1.807, 2.05) is 11.3 Å². The molecule has 0 fully saturated rings. The molecule has 0 radical (unpaired) electrons. The first-order valence-electron chi connectivity index (χ1n) is 4.61. The zero-order valence-electron chi connectivity index (χ0n) is 7.53. The van der Waals surface area contributed by atoms with Crippen LogP contribution in [-0.4, -0.2) is 24.3 Å². The number of aldehydes is 1. The molecular weight excluding hydrogens is 182 g/mol. The Morgan fingerprint density at radius 1 is 1.62 bits per heavy atom. The van der Waals surface area contributed by atoms with Gasteiger partial charge in [-0.15, -0.1) is 11.3 Å². The van der Waals surface area contributed by atoms with E-state index in [4.69, 9.17) is 0 Å². The third kappa shape index (κ3) is 1.98. The number of hydrogen-bond acceptors (Lipinski definition) is 3. The van der Waals surface area contributed by atoms with E-state index in [1.54, 1.807) is 0 Å². The van der Waals surface area contributed by atoms with Gasteiger partial charge in [-0.1, -0.05) is 0 Å². The summed E-state index contributed by atoms with van der Waals surface area (Å²) in [4.78, 5) is 14.1. The van der Waals surface area contributed by atoms with Gasteiger partial charge in [0.15, 0.2) is 0 Å². The molecule has 1 aliphatic rings. The van der Waals surface area contributed by atoms with Crippen LogP contribution in [0, 0.1) is 0 Å². The number of nitrogens with zero attached hydrogens (tertiary/aromatic N) is 1. The van der Waals surface area contributed by atoms with Crippen LogP contribution in [0.25, 0.3) is 0 Å². The molecule has 0 saturated heterocycles. The lowest BCUT2D eigenvalue weighted by atomic mass is 10.1. The lowest BCUT2D eigenvalue weighted by Crippen LogP contribution is -2.30. The van der Waals surface area contributed by atoms with Crippen molar-refractivity contribution in [1.29, 1.82) is 0 Å². The van der Waals surface area contributed by atoms with Crippen LogP contribution >= 0.6 is 11.3 Å². The fourth-order valence-electron chi connectivity index (χ4n) is 1.73. The van der Waals surface area contributed by atoms with E-state index in [9.17, 15) is 4.79 Å². The summed E-state index contributed by atoms with van der Waals surface area (Å²) in [6.07, 6.45) is 2.83. The molecular formula is C10H13NOS. The van der Waals surface area contributed by atoms with E-state index in [2.05, 4.69) is 16.3 Å². The fourth-order valence-corrected chi connectivity index (χ4v) is 2.62. The predicted molar refractivity (Wildman–Crippen MR) is 54.0 cm³/mol. The third-order valence-corrected chi connectivity index (χ3v) is 3.47. The summed E-state index contributed by atoms with van der Waals surface area (Å²) in [7, 11) is 0. The van der Waals surface area contributed by atoms with Gasteiger partial charge in [-0.25, -0.2) is 0 Å². The van der Waals surface area contributed by atoms with E-state index >= 15 is 0 Å². The topological polar surface area (TPSA) is 20.3 Å². The summed E-state index contributed by atoms with van der Waals surface area (Å²) >= 11 is 1.86. The Balaban J connectivity index is 1.96. The van der Waals surface area contributed by atoms with Crippen LogP contribution < -0.4 is 0 Å². The minimum absolute atomic E-state index is 0.666. The van der Waals surface area contributed by atoms with Gasteiger partial charge in [0.05, 0.1) is 0 Å². The highest BCUT2D eigenvalue weighted by molar-refractivity contribution is 7.10. The van der Waals surface area contributed by atoms with E-state index in [0.717, 1.165) is 32.3 Å². The first-order chi connectivity index (χ1) is 6.40. The van der Waals surface area contributed by atoms with E-state index in [1.165, 1.54) is 10.4 Å². The van der Waals surface area contributed by atoms with Crippen molar-refractivity contribution < 1.29 is 4.79 Å². The van der Waals surface area contributed by atoms with Crippen molar-refractivity contribution in [3.63, 3.8) is 0 Å². The van der Waals surface area contributed by atoms with Crippen molar-refractivity contribution in [1.82, 2.24) is 4.90 Å². The maximum atomic E-state index is 10.2. The molecule has 2 nitrogen and oxygen atoms in total. The zero-order chi connectivity index (χ0) is 9.10. The first-order valence-corrected chi connectivity index (χ1v) is 5.49. The SMILES string of the molecule is O=CCCN1CCc2sccc2C1. The van der Waals surface area contributed by atoms with Crippen molar-refractivity contribution in [2.45, 2.75) is 19.4 Å². The van der Waals surface area contributed by atoms with E-state index in [0.29, 0.717) is 6.42 Å². The third-order valence-electron chi connectivity index (χ3n) is 2.45. The molecule has 0 unspecified atom stereocenters. The number of fused-ring (bicyclic) bond motifs is 1. The Kier molecular flexibility index (Phi) is 2.76. The molecule has 0 atom stereocenters. The van der Waals surface area contributed by atoms with Gasteiger partial charge < -0.3 is 4.79 Å². The number of hydrogen-bond donors (Lipinski definition) is 0. The molecule has 2 rings (SSSR count). The number of carbonyl (C=O) groups is 1. The maximum Gasteiger partial charge on any atom is 0.121 e. The van der Waals surface area contributed by atoms with E-state index < -0.39 is 0 Å². The Labute approximate surface area is 82.2 Å². The Morgan fingerprint density at radius 2 is 2.54 bits per heavy atom. The second-order valence-electron chi connectivity index (χ2n) is 3.35. The summed E-state index contributed by atoms with van der Waals surface area (Å²) in [5.74, 6) is 0. The number of thiophene rings is 1. The molecule has 1 aromatic heterocycles. The number of rotatable bonds is 3. The Bertz CT molecular complexity index is 295. The number of carbonyl (C=O) groups excluding carboxylic acids is 1. The second-order valence-corrected chi connectivity index (χ2v) is 4.35. The van der Waals surface area contributed by atoms with Crippen LogP contribution in [0.2, 0.25) is 0 Å². The Morgan fingerprint density at radius 3 is 3.38 bits per heavy atom. The fraction of sp³-hybridized carbons (Fsp3) is 0.500. The molecule has 70 valence electrons. The molecule has 0 aliphatic carbocycles. The summed E-state index contributed by atoms with van der Waals surface area (Å²) in [6.45, 7) is 3.06. The highest BCUT2D eigenvalue weighted by Gasteiger charge is 2.15. The lowest BCUT2D eigenvalue weighted by molar-refractivity contribution is -0.108. The highest BCUT2D eigenvalue weighted by Crippen LogP contribution is 2.23. The molecule has 2 heterocycles. The molecule has 1 aromatic rings. The van der Waals surface area contributed by atoms with Gasteiger partial charge in [0.25, 0.3) is 0 Å². The summed E-state index contributed by atoms with van der Waals surface area (Å²) in [5.41, 5.74) is 1.46. The zero-order valence-corrected chi connectivity index (χ0v) is 8.35. The summed E-state index contributed by atoms with van der Waals surface area (Å²) in [5, 5.41) is 2.16. The maximum absolute atomic E-state index is 10.2. The monoisotopic (exact) mass is 195 g/mol. The van der Waals surface area contributed by atoms with Gasteiger partial charge >= 0.3 is 0 Å². The normalized spacial score (nSPS) is 16.9. The van der Waals surface area contributed by atoms with Gasteiger partial charge in [0.2, 0.25) is 0 Å². The van der Waals surface area contributed by atoms with E-state index in [-0.39, 0.29) is 0 Å². The molecule has 1 aliphatic heterocycles. The minimum Gasteiger partial charge on any atom is -0.303 e. The molecule has 0 spiro atoms. The molecule has 13 heavy (non-hydrogen) atoms. The van der Waals surface area contributed by atoms with Crippen LogP contribution in [0.3, 0.4) is 0 Å². The molecule has 0 saturated carbocycles. The van der Waals surface area contributed by atoms with Crippen LogP contribution in [0.15, 0.2) is 11.4 Å². The summed E-state index contributed by atoms with van der Waals surface area (Å²) < 4.78 is 0. The average Bonchev–Trinajstić information content (AvgIpc) is 2.61. The molecule has 3 heteroatoms.